The minimum Gasteiger partial charge on any atom is -0.350 e. The van der Waals surface area contributed by atoms with E-state index in [1.165, 1.54) is 5.56 Å². The Kier molecular flexibility index (Phi) is 6.04. The molecule has 0 aliphatic heterocycles. The van der Waals surface area contributed by atoms with Crippen LogP contribution in [0.25, 0.3) is 0 Å². The summed E-state index contributed by atoms with van der Waals surface area (Å²) in [7, 11) is 0. The standard InChI is InChI=1S/C21H31N3O/c1-15(2)12-18(17-10-8-7-9-11-17)14-22-20(25)19-13-16(3)23-24(19)21(4,5)6/h7-11,13,15,18H,12,14H2,1-6H3,(H,22,25). The highest BCUT2D eigenvalue weighted by molar-refractivity contribution is 5.92. The number of rotatable bonds is 6. The molecule has 4 heteroatoms. The molecule has 2 aromatic rings. The van der Waals surface area contributed by atoms with Crippen LogP contribution < -0.4 is 5.32 Å². The van der Waals surface area contributed by atoms with Crippen molar-refractivity contribution in [3.8, 4) is 0 Å². The Labute approximate surface area is 151 Å². The van der Waals surface area contributed by atoms with Crippen molar-refractivity contribution in [1.29, 1.82) is 0 Å². The van der Waals surface area contributed by atoms with E-state index >= 15 is 0 Å². The molecule has 1 atom stereocenters. The van der Waals surface area contributed by atoms with E-state index in [4.69, 9.17) is 0 Å². The maximum atomic E-state index is 12.8. The van der Waals surface area contributed by atoms with Gasteiger partial charge in [0.1, 0.15) is 5.69 Å². The summed E-state index contributed by atoms with van der Waals surface area (Å²) in [6, 6.07) is 12.3. The van der Waals surface area contributed by atoms with E-state index in [0.717, 1.165) is 12.1 Å². The molecule has 4 nitrogen and oxygen atoms in total. The first kappa shape index (κ1) is 19.2. The number of hydrogen-bond acceptors (Lipinski definition) is 2. The molecule has 0 fully saturated rings. The summed E-state index contributed by atoms with van der Waals surface area (Å²) in [5, 5.41) is 7.62. The molecular weight excluding hydrogens is 310 g/mol. The molecule has 1 N–H and O–H groups in total. The number of hydrogen-bond donors (Lipinski definition) is 1. The fourth-order valence-electron chi connectivity index (χ4n) is 3.11. The van der Waals surface area contributed by atoms with Gasteiger partial charge in [-0.05, 0) is 51.7 Å². The van der Waals surface area contributed by atoms with Gasteiger partial charge in [0.25, 0.3) is 5.91 Å². The second-order valence-electron chi connectivity index (χ2n) is 8.20. The number of carbonyl (C=O) groups is 1. The maximum Gasteiger partial charge on any atom is 0.269 e. The van der Waals surface area contributed by atoms with Crippen LogP contribution in [0.3, 0.4) is 0 Å². The van der Waals surface area contributed by atoms with Gasteiger partial charge in [-0.2, -0.15) is 5.10 Å². The molecule has 0 aliphatic rings. The van der Waals surface area contributed by atoms with Crippen LogP contribution in [-0.4, -0.2) is 22.2 Å². The predicted octanol–water partition coefficient (Wildman–Crippen LogP) is 4.51. The van der Waals surface area contributed by atoms with Crippen LogP contribution in [0.5, 0.6) is 0 Å². The van der Waals surface area contributed by atoms with Gasteiger partial charge in [-0.1, -0.05) is 44.2 Å². The molecule has 0 aliphatic carbocycles. The number of aromatic nitrogens is 2. The predicted molar refractivity (Wildman–Crippen MR) is 103 cm³/mol. The first-order valence-corrected chi connectivity index (χ1v) is 9.08. The van der Waals surface area contributed by atoms with E-state index in [1.54, 1.807) is 0 Å². The quantitative estimate of drug-likeness (QED) is 0.840. The Bertz CT molecular complexity index is 696. The van der Waals surface area contributed by atoms with Gasteiger partial charge in [0.05, 0.1) is 11.2 Å². The Hall–Kier alpha value is -2.10. The minimum atomic E-state index is -0.225. The van der Waals surface area contributed by atoms with Gasteiger partial charge in [-0.15, -0.1) is 0 Å². The van der Waals surface area contributed by atoms with Gasteiger partial charge in [0.15, 0.2) is 0 Å². The minimum absolute atomic E-state index is 0.0554. The summed E-state index contributed by atoms with van der Waals surface area (Å²) >= 11 is 0. The van der Waals surface area contributed by atoms with Gasteiger partial charge < -0.3 is 5.32 Å². The topological polar surface area (TPSA) is 46.9 Å². The van der Waals surface area contributed by atoms with Crippen LogP contribution >= 0.6 is 0 Å². The van der Waals surface area contributed by atoms with Gasteiger partial charge in [0.2, 0.25) is 0 Å². The molecule has 2 rings (SSSR count). The van der Waals surface area contributed by atoms with E-state index in [0.29, 0.717) is 24.1 Å². The van der Waals surface area contributed by atoms with Crippen LogP contribution in [0, 0.1) is 12.8 Å². The molecule has 1 aromatic carbocycles. The van der Waals surface area contributed by atoms with Gasteiger partial charge in [-0.3, -0.25) is 9.48 Å². The average molecular weight is 341 g/mol. The average Bonchev–Trinajstić information content (AvgIpc) is 2.94. The molecule has 1 amide bonds. The van der Waals surface area contributed by atoms with Crippen molar-refractivity contribution in [3.63, 3.8) is 0 Å². The molecule has 25 heavy (non-hydrogen) atoms. The van der Waals surface area contributed by atoms with Crippen LogP contribution in [0.2, 0.25) is 0 Å². The first-order chi connectivity index (χ1) is 11.7. The van der Waals surface area contributed by atoms with Crippen molar-refractivity contribution < 1.29 is 4.79 Å². The van der Waals surface area contributed by atoms with E-state index in [9.17, 15) is 4.79 Å². The second kappa shape index (κ2) is 7.85. The zero-order chi connectivity index (χ0) is 18.6. The first-order valence-electron chi connectivity index (χ1n) is 9.08. The molecular formula is C21H31N3O. The fourth-order valence-corrected chi connectivity index (χ4v) is 3.11. The lowest BCUT2D eigenvalue weighted by Gasteiger charge is -2.23. The van der Waals surface area contributed by atoms with Crippen molar-refractivity contribution in [2.75, 3.05) is 6.54 Å². The Balaban J connectivity index is 2.14. The summed E-state index contributed by atoms with van der Waals surface area (Å²) < 4.78 is 1.82. The molecule has 0 saturated carbocycles. The lowest BCUT2D eigenvalue weighted by atomic mass is 9.90. The van der Waals surface area contributed by atoms with Gasteiger partial charge >= 0.3 is 0 Å². The number of aryl methyl sites for hydroxylation is 1. The van der Waals surface area contributed by atoms with E-state index in [-0.39, 0.29) is 11.4 Å². The molecule has 0 bridgehead atoms. The fraction of sp³-hybridized carbons (Fsp3) is 0.524. The smallest absolute Gasteiger partial charge is 0.269 e. The lowest BCUT2D eigenvalue weighted by Crippen LogP contribution is -2.34. The molecule has 136 valence electrons. The summed E-state index contributed by atoms with van der Waals surface area (Å²) in [6.45, 7) is 13.2. The summed E-state index contributed by atoms with van der Waals surface area (Å²) in [5.41, 5.74) is 2.54. The third-order valence-electron chi connectivity index (χ3n) is 4.24. The maximum absolute atomic E-state index is 12.8. The molecule has 0 radical (unpaired) electrons. The second-order valence-corrected chi connectivity index (χ2v) is 8.20. The molecule has 1 aromatic heterocycles. The molecule has 0 saturated heterocycles. The van der Waals surface area contributed by atoms with Crippen LogP contribution in [0.1, 0.15) is 68.7 Å². The third kappa shape index (κ3) is 5.18. The molecule has 0 spiro atoms. The molecule has 1 unspecified atom stereocenters. The van der Waals surface area contributed by atoms with Crippen molar-refractivity contribution in [3.05, 3.63) is 53.3 Å². The summed E-state index contributed by atoms with van der Waals surface area (Å²) in [4.78, 5) is 12.8. The van der Waals surface area contributed by atoms with Gasteiger partial charge in [-0.25, -0.2) is 0 Å². The summed E-state index contributed by atoms with van der Waals surface area (Å²) in [5.74, 6) is 0.835. The Morgan fingerprint density at radius 3 is 2.40 bits per heavy atom. The van der Waals surface area contributed by atoms with Crippen LogP contribution in [0.15, 0.2) is 36.4 Å². The van der Waals surface area contributed by atoms with Crippen LogP contribution in [-0.2, 0) is 5.54 Å². The highest BCUT2D eigenvalue weighted by atomic mass is 16.2. The zero-order valence-corrected chi connectivity index (χ0v) is 16.3. The third-order valence-corrected chi connectivity index (χ3v) is 4.24. The number of carbonyl (C=O) groups excluding carboxylic acids is 1. The van der Waals surface area contributed by atoms with E-state index < -0.39 is 0 Å². The highest BCUT2D eigenvalue weighted by Crippen LogP contribution is 2.23. The Morgan fingerprint density at radius 1 is 1.20 bits per heavy atom. The van der Waals surface area contributed by atoms with Crippen molar-refractivity contribution in [2.45, 2.75) is 59.4 Å². The monoisotopic (exact) mass is 341 g/mol. The number of benzene rings is 1. The van der Waals surface area contributed by atoms with Gasteiger partial charge in [0, 0.05) is 12.5 Å². The van der Waals surface area contributed by atoms with Crippen molar-refractivity contribution in [1.82, 2.24) is 15.1 Å². The number of nitrogens with one attached hydrogen (secondary N) is 1. The lowest BCUT2D eigenvalue weighted by molar-refractivity contribution is 0.0931. The largest absolute Gasteiger partial charge is 0.350 e. The van der Waals surface area contributed by atoms with Crippen molar-refractivity contribution >= 4 is 5.91 Å². The number of nitrogens with zero attached hydrogens (tertiary/aromatic N) is 2. The van der Waals surface area contributed by atoms with Crippen molar-refractivity contribution in [2.24, 2.45) is 5.92 Å². The number of amides is 1. The molecule has 1 heterocycles. The van der Waals surface area contributed by atoms with E-state index in [2.05, 4.69) is 69.3 Å². The highest BCUT2D eigenvalue weighted by Gasteiger charge is 2.23. The normalized spacial score (nSPS) is 13.1. The SMILES string of the molecule is Cc1cc(C(=O)NCC(CC(C)C)c2ccccc2)n(C(C)(C)C)n1. The zero-order valence-electron chi connectivity index (χ0n) is 16.3. The van der Waals surface area contributed by atoms with Crippen LogP contribution in [0.4, 0.5) is 0 Å². The summed E-state index contributed by atoms with van der Waals surface area (Å²) in [6.07, 6.45) is 1.04. The van der Waals surface area contributed by atoms with E-state index in [1.807, 2.05) is 23.7 Å². The Morgan fingerprint density at radius 2 is 1.84 bits per heavy atom.